The van der Waals surface area contributed by atoms with Gasteiger partial charge in [0.2, 0.25) is 5.91 Å². The van der Waals surface area contributed by atoms with Crippen LogP contribution in [0, 0.1) is 0 Å². The summed E-state index contributed by atoms with van der Waals surface area (Å²) >= 11 is 0. The third-order valence-corrected chi connectivity index (χ3v) is 8.25. The van der Waals surface area contributed by atoms with Gasteiger partial charge in [-0.05, 0) is 63.6 Å². The van der Waals surface area contributed by atoms with Crippen molar-refractivity contribution >= 4 is 19.5 Å². The number of amides is 1. The van der Waals surface area contributed by atoms with Crippen LogP contribution in [-0.2, 0) is 23.1 Å². The molecule has 1 aromatic carbocycles. The van der Waals surface area contributed by atoms with Gasteiger partial charge in [-0.2, -0.15) is 0 Å². The average Bonchev–Trinajstić information content (AvgIpc) is 2.73. The Labute approximate surface area is 172 Å². The largest absolute Gasteiger partial charge is 0.465 e. The number of nitrogens with zero attached hydrogens (tertiary/aromatic N) is 1. The molecular formula is C21H30NO6P. The maximum Gasteiger partial charge on any atom is 0.343 e. The van der Waals surface area contributed by atoms with E-state index in [1.807, 2.05) is 17.0 Å². The molecule has 8 heteroatoms. The third-order valence-electron chi connectivity index (χ3n) is 5.77. The van der Waals surface area contributed by atoms with E-state index in [1.54, 1.807) is 26.0 Å². The molecule has 29 heavy (non-hydrogen) atoms. The number of fused-ring (bicyclic) bond motifs is 1. The molecule has 3 atom stereocenters. The van der Waals surface area contributed by atoms with E-state index in [1.165, 1.54) is 7.11 Å². The molecule has 2 saturated heterocycles. The predicted molar refractivity (Wildman–Crippen MR) is 109 cm³/mol. The summed E-state index contributed by atoms with van der Waals surface area (Å²) in [6.07, 6.45) is 4.11. The first kappa shape index (κ1) is 22.0. The van der Waals surface area contributed by atoms with Crippen LogP contribution in [0.4, 0.5) is 0 Å². The lowest BCUT2D eigenvalue weighted by molar-refractivity contribution is -0.142. The van der Waals surface area contributed by atoms with Crippen LogP contribution >= 0.6 is 7.60 Å². The van der Waals surface area contributed by atoms with Gasteiger partial charge in [0.25, 0.3) is 0 Å². The molecule has 0 aromatic heterocycles. The molecule has 2 aliphatic rings. The van der Waals surface area contributed by atoms with Crippen LogP contribution in [0.5, 0.6) is 0 Å². The highest BCUT2D eigenvalue weighted by Gasteiger charge is 2.50. The second-order valence-electron chi connectivity index (χ2n) is 7.43. The molecule has 3 rings (SSSR count). The minimum atomic E-state index is -3.51. The molecule has 1 unspecified atom stereocenters. The predicted octanol–water partition coefficient (Wildman–Crippen LogP) is 4.32. The van der Waals surface area contributed by atoms with Gasteiger partial charge >= 0.3 is 13.6 Å². The van der Waals surface area contributed by atoms with Crippen LogP contribution in [0.3, 0.4) is 0 Å². The van der Waals surface area contributed by atoms with Gasteiger partial charge in [0.1, 0.15) is 5.66 Å². The van der Waals surface area contributed by atoms with Gasteiger partial charge in [0, 0.05) is 6.04 Å². The molecule has 7 nitrogen and oxygen atoms in total. The number of hydrogen-bond donors (Lipinski definition) is 0. The number of rotatable bonds is 7. The van der Waals surface area contributed by atoms with Crippen molar-refractivity contribution in [3.63, 3.8) is 0 Å². The molecule has 0 saturated carbocycles. The Hall–Kier alpha value is -1.69. The number of carbonyl (C=O) groups is 2. The summed E-state index contributed by atoms with van der Waals surface area (Å²) in [5.74, 6) is -0.533. The second kappa shape index (κ2) is 9.41. The molecule has 1 aromatic rings. The second-order valence-corrected chi connectivity index (χ2v) is 9.65. The molecular weight excluding hydrogens is 393 g/mol. The van der Waals surface area contributed by atoms with Crippen molar-refractivity contribution in [3.05, 3.63) is 35.4 Å². The lowest BCUT2D eigenvalue weighted by Gasteiger charge is -2.48. The van der Waals surface area contributed by atoms with Crippen LogP contribution in [-0.4, -0.2) is 48.8 Å². The van der Waals surface area contributed by atoms with Gasteiger partial charge < -0.3 is 18.7 Å². The Morgan fingerprint density at radius 2 is 1.72 bits per heavy atom. The van der Waals surface area contributed by atoms with E-state index in [0.29, 0.717) is 12.0 Å². The molecule has 0 bridgehead atoms. The third kappa shape index (κ3) is 4.42. The van der Waals surface area contributed by atoms with Gasteiger partial charge in [0.05, 0.1) is 31.9 Å². The fourth-order valence-electron chi connectivity index (χ4n) is 4.50. The van der Waals surface area contributed by atoms with Crippen LogP contribution in [0.25, 0.3) is 0 Å². The minimum Gasteiger partial charge on any atom is -0.465 e. The lowest BCUT2D eigenvalue weighted by atomic mass is 9.85. The number of methoxy groups -OCH3 is 1. The Morgan fingerprint density at radius 3 is 2.31 bits per heavy atom. The molecule has 0 N–H and O–H groups in total. The number of ether oxygens (including phenoxy) is 1. The first-order valence-electron chi connectivity index (χ1n) is 10.3. The maximum atomic E-state index is 13.5. The number of esters is 1. The van der Waals surface area contributed by atoms with Gasteiger partial charge in [-0.1, -0.05) is 12.1 Å². The summed E-state index contributed by atoms with van der Waals surface area (Å²) in [5.41, 5.74) is 0.691. The maximum absolute atomic E-state index is 13.5. The summed E-state index contributed by atoms with van der Waals surface area (Å²) in [5, 5.41) is 0. The van der Waals surface area contributed by atoms with E-state index in [4.69, 9.17) is 13.8 Å². The molecule has 0 radical (unpaired) electrons. The molecule has 1 amide bonds. The molecule has 2 fully saturated rings. The molecule has 2 heterocycles. The molecule has 160 valence electrons. The summed E-state index contributed by atoms with van der Waals surface area (Å²) in [6.45, 7) is 3.99. The van der Waals surface area contributed by atoms with Crippen molar-refractivity contribution in [1.82, 2.24) is 4.90 Å². The van der Waals surface area contributed by atoms with Crippen LogP contribution < -0.4 is 0 Å². The number of benzene rings is 1. The van der Waals surface area contributed by atoms with Crippen molar-refractivity contribution in [2.75, 3.05) is 20.3 Å². The van der Waals surface area contributed by atoms with Gasteiger partial charge in [-0.3, -0.25) is 9.36 Å². The van der Waals surface area contributed by atoms with E-state index in [9.17, 15) is 14.2 Å². The van der Waals surface area contributed by atoms with E-state index in [-0.39, 0.29) is 37.2 Å². The molecule has 0 spiro atoms. The monoisotopic (exact) mass is 423 g/mol. The van der Waals surface area contributed by atoms with Crippen molar-refractivity contribution in [2.45, 2.75) is 63.7 Å². The zero-order valence-electron chi connectivity index (χ0n) is 17.3. The quantitative estimate of drug-likeness (QED) is 0.480. The van der Waals surface area contributed by atoms with E-state index in [0.717, 1.165) is 31.2 Å². The van der Waals surface area contributed by atoms with E-state index in [2.05, 4.69) is 0 Å². The lowest BCUT2D eigenvalue weighted by Crippen LogP contribution is -2.53. The van der Waals surface area contributed by atoms with Gasteiger partial charge in [0.15, 0.2) is 0 Å². The van der Waals surface area contributed by atoms with Crippen molar-refractivity contribution in [1.29, 1.82) is 0 Å². The Bertz CT molecular complexity index is 770. The summed E-state index contributed by atoms with van der Waals surface area (Å²) < 4.78 is 29.0. The zero-order chi connectivity index (χ0) is 21.0. The minimum absolute atomic E-state index is 0.104. The first-order chi connectivity index (χ1) is 13.9. The van der Waals surface area contributed by atoms with E-state index < -0.39 is 13.3 Å². The van der Waals surface area contributed by atoms with Gasteiger partial charge in [-0.25, -0.2) is 4.79 Å². The highest BCUT2D eigenvalue weighted by Crippen LogP contribution is 2.57. The van der Waals surface area contributed by atoms with Crippen LogP contribution in [0.15, 0.2) is 24.3 Å². The van der Waals surface area contributed by atoms with Crippen molar-refractivity contribution < 1.29 is 27.9 Å². The van der Waals surface area contributed by atoms with Crippen molar-refractivity contribution in [3.8, 4) is 0 Å². The highest BCUT2D eigenvalue weighted by atomic mass is 31.2. The van der Waals surface area contributed by atoms with Crippen LogP contribution in [0.2, 0.25) is 0 Å². The number of piperidine rings is 2. The van der Waals surface area contributed by atoms with E-state index >= 15 is 0 Å². The Balaban J connectivity index is 1.88. The normalized spacial score (nSPS) is 24.9. The van der Waals surface area contributed by atoms with Crippen molar-refractivity contribution in [2.24, 2.45) is 0 Å². The summed E-state index contributed by atoms with van der Waals surface area (Å²) in [7, 11) is -2.16. The fraction of sp³-hybridized carbons (Fsp3) is 0.619. The fourth-order valence-corrected chi connectivity index (χ4v) is 6.52. The molecule has 2 aliphatic heterocycles. The average molecular weight is 423 g/mol. The molecule has 0 aliphatic carbocycles. The Morgan fingerprint density at radius 1 is 1.07 bits per heavy atom. The summed E-state index contributed by atoms with van der Waals surface area (Å²) in [6, 6.07) is 7.23. The Kier molecular flexibility index (Phi) is 7.14. The first-order valence-corrected chi connectivity index (χ1v) is 12.0. The number of hydrogen-bond acceptors (Lipinski definition) is 6. The number of carbonyl (C=O) groups excluding carboxylic acids is 2. The topological polar surface area (TPSA) is 82.1 Å². The standard InChI is InChI=1S/C21H30NO6P/c1-4-27-29(25,28-5-2)19-14-13-17-7-6-8-18(22(17)20(19)23)15-9-11-16(12-10-15)21(24)26-3/h9-12,17-19H,4-8,13-14H2,1-3H3/t17-,18-,19?/m0/s1. The van der Waals surface area contributed by atoms with Crippen LogP contribution in [0.1, 0.15) is 67.9 Å². The summed E-state index contributed by atoms with van der Waals surface area (Å²) in [4.78, 5) is 27.1. The SMILES string of the molecule is CCOP(=O)(OCC)C1CC[C@@H]2CCC[C@@H](c3ccc(C(=O)OC)cc3)N2C1=O. The smallest absolute Gasteiger partial charge is 0.343 e. The zero-order valence-corrected chi connectivity index (χ0v) is 18.2. The highest BCUT2D eigenvalue weighted by molar-refractivity contribution is 7.55. The van der Waals surface area contributed by atoms with Gasteiger partial charge in [-0.15, -0.1) is 0 Å².